The van der Waals surface area contributed by atoms with Gasteiger partial charge >= 0.3 is 0 Å². The molecule has 0 spiro atoms. The van der Waals surface area contributed by atoms with Gasteiger partial charge in [0.15, 0.2) is 0 Å². The molecule has 1 N–H and O–H groups in total. The summed E-state index contributed by atoms with van der Waals surface area (Å²) in [5.74, 6) is 0.308. The molecule has 0 aliphatic heterocycles. The lowest BCUT2D eigenvalue weighted by molar-refractivity contribution is 0.102. The van der Waals surface area contributed by atoms with E-state index in [0.717, 1.165) is 4.90 Å². The number of nitrogens with zero attached hydrogens (tertiary/aromatic N) is 2. The van der Waals surface area contributed by atoms with E-state index in [4.69, 9.17) is 0 Å². The van der Waals surface area contributed by atoms with E-state index in [2.05, 4.69) is 47.3 Å². The second kappa shape index (κ2) is 7.27. The second-order valence-corrected chi connectivity index (χ2v) is 6.43. The van der Waals surface area contributed by atoms with Crippen molar-refractivity contribution in [2.75, 3.05) is 5.32 Å². The molecular weight excluding hydrogens is 318 g/mol. The Kier molecular flexibility index (Phi) is 4.91. The third-order valence-corrected chi connectivity index (χ3v) is 4.66. The lowest BCUT2D eigenvalue weighted by Crippen LogP contribution is -2.14. The van der Waals surface area contributed by atoms with E-state index in [0.29, 0.717) is 16.4 Å². The minimum absolute atomic E-state index is 0.214. The Morgan fingerprint density at radius 1 is 1.00 bits per heavy atom. The van der Waals surface area contributed by atoms with Gasteiger partial charge in [0.1, 0.15) is 10.8 Å². The van der Waals surface area contributed by atoms with Crippen LogP contribution in [0, 0.1) is 13.8 Å². The maximum atomic E-state index is 12.6. The number of hydrogen-bond donors (Lipinski definition) is 1. The van der Waals surface area contributed by atoms with E-state index in [-0.39, 0.29) is 5.91 Å². The Balaban J connectivity index is 1.86. The number of aromatic nitrogens is 2. The first-order valence-electron chi connectivity index (χ1n) is 7.56. The SMILES string of the molecule is Cc1ccc(Sc2ncccc2C(=O)Nc2ccccn2)c(C)c1. The van der Waals surface area contributed by atoms with Crippen molar-refractivity contribution in [1.82, 2.24) is 9.97 Å². The number of carbonyl (C=O) groups is 1. The number of rotatable bonds is 4. The summed E-state index contributed by atoms with van der Waals surface area (Å²) in [6.45, 7) is 4.12. The maximum absolute atomic E-state index is 12.6. The molecule has 24 heavy (non-hydrogen) atoms. The van der Waals surface area contributed by atoms with Crippen molar-refractivity contribution in [3.8, 4) is 0 Å². The van der Waals surface area contributed by atoms with Crippen molar-refractivity contribution < 1.29 is 4.79 Å². The second-order valence-electron chi connectivity index (χ2n) is 5.40. The van der Waals surface area contributed by atoms with Crippen LogP contribution < -0.4 is 5.32 Å². The highest BCUT2D eigenvalue weighted by molar-refractivity contribution is 7.99. The molecule has 4 nitrogen and oxygen atoms in total. The molecule has 3 rings (SSSR count). The fourth-order valence-electron chi connectivity index (χ4n) is 2.28. The monoisotopic (exact) mass is 335 g/mol. The molecular formula is C19H17N3OS. The van der Waals surface area contributed by atoms with Crippen molar-refractivity contribution in [3.63, 3.8) is 0 Å². The highest BCUT2D eigenvalue weighted by Gasteiger charge is 2.14. The largest absolute Gasteiger partial charge is 0.306 e. The molecule has 5 heteroatoms. The summed E-state index contributed by atoms with van der Waals surface area (Å²) in [7, 11) is 0. The number of carbonyl (C=O) groups excluding carboxylic acids is 1. The number of pyridine rings is 2. The lowest BCUT2D eigenvalue weighted by atomic mass is 10.2. The van der Waals surface area contributed by atoms with Gasteiger partial charge in [0, 0.05) is 17.3 Å². The highest BCUT2D eigenvalue weighted by atomic mass is 32.2. The smallest absolute Gasteiger partial charge is 0.259 e. The minimum Gasteiger partial charge on any atom is -0.306 e. The summed E-state index contributed by atoms with van der Waals surface area (Å²) in [5.41, 5.74) is 2.92. The molecule has 1 aromatic carbocycles. The lowest BCUT2D eigenvalue weighted by Gasteiger charge is -2.10. The Labute approximate surface area is 145 Å². The summed E-state index contributed by atoms with van der Waals surface area (Å²) in [5, 5.41) is 3.48. The first kappa shape index (κ1) is 16.2. The molecule has 0 saturated carbocycles. The average molecular weight is 335 g/mol. The third kappa shape index (κ3) is 3.81. The maximum Gasteiger partial charge on any atom is 0.259 e. The van der Waals surface area contributed by atoms with Crippen LogP contribution in [0.15, 0.2) is 70.8 Å². The van der Waals surface area contributed by atoms with E-state index in [1.165, 1.54) is 22.9 Å². The normalized spacial score (nSPS) is 10.4. The Hall–Kier alpha value is -2.66. The van der Waals surface area contributed by atoms with Gasteiger partial charge in [0.2, 0.25) is 0 Å². The minimum atomic E-state index is -0.214. The van der Waals surface area contributed by atoms with Crippen LogP contribution in [0.1, 0.15) is 21.5 Å². The zero-order valence-corrected chi connectivity index (χ0v) is 14.3. The third-order valence-electron chi connectivity index (χ3n) is 3.46. The van der Waals surface area contributed by atoms with Crippen LogP contribution in [0.25, 0.3) is 0 Å². The summed E-state index contributed by atoms with van der Waals surface area (Å²) in [6.07, 6.45) is 3.34. The molecule has 0 radical (unpaired) electrons. The molecule has 0 aliphatic carbocycles. The van der Waals surface area contributed by atoms with E-state index in [1.54, 1.807) is 36.7 Å². The van der Waals surface area contributed by atoms with Crippen LogP contribution in [0.3, 0.4) is 0 Å². The predicted molar refractivity (Wildman–Crippen MR) is 96.5 cm³/mol. The van der Waals surface area contributed by atoms with Gasteiger partial charge in [0.25, 0.3) is 5.91 Å². The highest BCUT2D eigenvalue weighted by Crippen LogP contribution is 2.31. The average Bonchev–Trinajstić information content (AvgIpc) is 2.59. The van der Waals surface area contributed by atoms with E-state index in [9.17, 15) is 4.79 Å². The van der Waals surface area contributed by atoms with Crippen molar-refractivity contribution >= 4 is 23.5 Å². The molecule has 0 aliphatic rings. The summed E-state index contributed by atoms with van der Waals surface area (Å²) < 4.78 is 0. The van der Waals surface area contributed by atoms with Gasteiger partial charge in [-0.25, -0.2) is 9.97 Å². The van der Waals surface area contributed by atoms with Gasteiger partial charge in [-0.3, -0.25) is 4.79 Å². The summed E-state index contributed by atoms with van der Waals surface area (Å²) >= 11 is 1.50. The molecule has 120 valence electrons. The van der Waals surface area contributed by atoms with E-state index in [1.807, 2.05) is 6.07 Å². The molecule has 2 aromatic heterocycles. The molecule has 3 aromatic rings. The molecule has 0 bridgehead atoms. The van der Waals surface area contributed by atoms with E-state index >= 15 is 0 Å². The van der Waals surface area contributed by atoms with Crippen LogP contribution in [-0.4, -0.2) is 15.9 Å². The first-order chi connectivity index (χ1) is 11.6. The van der Waals surface area contributed by atoms with Crippen LogP contribution in [-0.2, 0) is 0 Å². The summed E-state index contributed by atoms with van der Waals surface area (Å²) in [6, 6.07) is 15.2. The molecule has 2 heterocycles. The fraction of sp³-hybridized carbons (Fsp3) is 0.105. The number of hydrogen-bond acceptors (Lipinski definition) is 4. The van der Waals surface area contributed by atoms with Gasteiger partial charge in [0.05, 0.1) is 5.56 Å². The number of benzene rings is 1. The fourth-order valence-corrected chi connectivity index (χ4v) is 3.23. The van der Waals surface area contributed by atoms with Crippen molar-refractivity contribution in [3.05, 3.63) is 77.6 Å². The summed E-state index contributed by atoms with van der Waals surface area (Å²) in [4.78, 5) is 22.2. The Morgan fingerprint density at radius 2 is 1.83 bits per heavy atom. The Morgan fingerprint density at radius 3 is 2.58 bits per heavy atom. The number of amides is 1. The molecule has 1 amide bonds. The van der Waals surface area contributed by atoms with Crippen LogP contribution in [0.2, 0.25) is 0 Å². The van der Waals surface area contributed by atoms with Gasteiger partial charge in [-0.05, 0) is 49.7 Å². The number of aryl methyl sites for hydroxylation is 2. The van der Waals surface area contributed by atoms with Crippen molar-refractivity contribution in [2.24, 2.45) is 0 Å². The van der Waals surface area contributed by atoms with Crippen molar-refractivity contribution in [1.29, 1.82) is 0 Å². The predicted octanol–water partition coefficient (Wildman–Crippen LogP) is 4.50. The molecule has 0 atom stereocenters. The topological polar surface area (TPSA) is 54.9 Å². The van der Waals surface area contributed by atoms with Crippen molar-refractivity contribution in [2.45, 2.75) is 23.8 Å². The number of nitrogens with one attached hydrogen (secondary N) is 1. The van der Waals surface area contributed by atoms with Gasteiger partial charge in [-0.1, -0.05) is 35.5 Å². The van der Waals surface area contributed by atoms with Crippen LogP contribution in [0.4, 0.5) is 5.82 Å². The van der Waals surface area contributed by atoms with Crippen LogP contribution >= 0.6 is 11.8 Å². The van der Waals surface area contributed by atoms with Gasteiger partial charge < -0.3 is 5.32 Å². The molecule has 0 saturated heterocycles. The van der Waals surface area contributed by atoms with Gasteiger partial charge in [-0.15, -0.1) is 0 Å². The zero-order valence-electron chi connectivity index (χ0n) is 13.5. The molecule has 0 fully saturated rings. The van der Waals surface area contributed by atoms with Crippen LogP contribution in [0.5, 0.6) is 0 Å². The standard InChI is InChI=1S/C19H17N3OS/c1-13-8-9-16(14(2)12-13)24-19-15(6-5-11-21-19)18(23)22-17-7-3-4-10-20-17/h3-12H,1-2H3,(H,20,22,23). The van der Waals surface area contributed by atoms with Gasteiger partial charge in [-0.2, -0.15) is 0 Å². The number of anilines is 1. The molecule has 0 unspecified atom stereocenters. The van der Waals surface area contributed by atoms with E-state index < -0.39 is 0 Å². The zero-order chi connectivity index (χ0) is 16.9. The Bertz CT molecular complexity index is 865. The quantitative estimate of drug-likeness (QED) is 0.763. The first-order valence-corrected chi connectivity index (χ1v) is 8.37.